The smallest absolute Gasteiger partial charge is 0.387 e. The van der Waals surface area contributed by atoms with Crippen LogP contribution in [0.4, 0.5) is 8.78 Å². The Balaban J connectivity index is 1.91. The van der Waals surface area contributed by atoms with Crippen LogP contribution in [0, 0.1) is 0 Å². The minimum atomic E-state index is -2.88. The molecule has 0 saturated heterocycles. The first-order valence-corrected chi connectivity index (χ1v) is 7.07. The molecule has 0 radical (unpaired) electrons. The topological polar surface area (TPSA) is 50.7 Å². The van der Waals surface area contributed by atoms with Crippen LogP contribution < -0.4 is 14.8 Å². The summed E-state index contributed by atoms with van der Waals surface area (Å²) in [5.74, 6) is 0.292. The highest BCUT2D eigenvalue weighted by atomic mass is 19.3. The standard InChI is InChI=1S/C15H21F2NO3/c1-20-13-8-11(4-5-12(13)21-14(16)17)9-18-10-15(19)6-2-3-7-15/h4-5,8,14,18-19H,2-3,6-7,9-10H2,1H3. The van der Waals surface area contributed by atoms with Gasteiger partial charge in [0.25, 0.3) is 0 Å². The summed E-state index contributed by atoms with van der Waals surface area (Å²) in [6.45, 7) is -1.81. The Kier molecular flexibility index (Phi) is 5.36. The molecule has 1 aliphatic rings. The molecule has 0 aliphatic heterocycles. The Labute approximate surface area is 123 Å². The maximum absolute atomic E-state index is 12.2. The highest BCUT2D eigenvalue weighted by molar-refractivity contribution is 5.42. The van der Waals surface area contributed by atoms with E-state index in [1.807, 2.05) is 0 Å². The second-order valence-electron chi connectivity index (χ2n) is 5.40. The van der Waals surface area contributed by atoms with Crippen molar-refractivity contribution in [1.82, 2.24) is 5.32 Å². The Morgan fingerprint density at radius 1 is 1.29 bits per heavy atom. The Morgan fingerprint density at radius 2 is 2.00 bits per heavy atom. The summed E-state index contributed by atoms with van der Waals surface area (Å²) in [5.41, 5.74) is 0.276. The van der Waals surface area contributed by atoms with E-state index in [1.54, 1.807) is 12.1 Å². The lowest BCUT2D eigenvalue weighted by atomic mass is 10.0. The summed E-state index contributed by atoms with van der Waals surface area (Å²) in [4.78, 5) is 0. The maximum atomic E-state index is 12.2. The van der Waals surface area contributed by atoms with E-state index in [-0.39, 0.29) is 11.5 Å². The molecule has 0 heterocycles. The fourth-order valence-corrected chi connectivity index (χ4v) is 2.66. The van der Waals surface area contributed by atoms with Gasteiger partial charge in [-0.25, -0.2) is 0 Å². The molecule has 1 aromatic carbocycles. The Morgan fingerprint density at radius 3 is 2.62 bits per heavy atom. The first-order valence-electron chi connectivity index (χ1n) is 7.07. The van der Waals surface area contributed by atoms with E-state index in [2.05, 4.69) is 10.1 Å². The number of hydrogen-bond acceptors (Lipinski definition) is 4. The van der Waals surface area contributed by atoms with Crippen LogP contribution >= 0.6 is 0 Å². The molecule has 1 aliphatic carbocycles. The predicted octanol–water partition coefficient (Wildman–Crippen LogP) is 2.69. The van der Waals surface area contributed by atoms with Crippen molar-refractivity contribution in [3.05, 3.63) is 23.8 Å². The van der Waals surface area contributed by atoms with Crippen molar-refractivity contribution >= 4 is 0 Å². The molecule has 1 aromatic rings. The highest BCUT2D eigenvalue weighted by Crippen LogP contribution is 2.30. The van der Waals surface area contributed by atoms with Crippen LogP contribution in [0.25, 0.3) is 0 Å². The van der Waals surface area contributed by atoms with Gasteiger partial charge in [0.2, 0.25) is 0 Å². The third-order valence-electron chi connectivity index (χ3n) is 3.76. The van der Waals surface area contributed by atoms with Crippen molar-refractivity contribution in [3.8, 4) is 11.5 Å². The third-order valence-corrected chi connectivity index (χ3v) is 3.76. The number of rotatable bonds is 7. The lowest BCUT2D eigenvalue weighted by molar-refractivity contribution is -0.0512. The number of benzene rings is 1. The first kappa shape index (κ1) is 16.0. The molecule has 0 unspecified atom stereocenters. The predicted molar refractivity (Wildman–Crippen MR) is 74.8 cm³/mol. The molecule has 21 heavy (non-hydrogen) atoms. The molecule has 0 atom stereocenters. The summed E-state index contributed by atoms with van der Waals surface area (Å²) in [5, 5.41) is 13.4. The van der Waals surface area contributed by atoms with E-state index >= 15 is 0 Å². The molecular weight excluding hydrogens is 280 g/mol. The van der Waals surface area contributed by atoms with Crippen LogP contribution in [0.15, 0.2) is 18.2 Å². The molecule has 0 amide bonds. The molecule has 2 N–H and O–H groups in total. The quantitative estimate of drug-likeness (QED) is 0.813. The second-order valence-corrected chi connectivity index (χ2v) is 5.40. The van der Waals surface area contributed by atoms with Gasteiger partial charge in [0, 0.05) is 13.1 Å². The van der Waals surface area contributed by atoms with Crippen molar-refractivity contribution in [2.75, 3.05) is 13.7 Å². The SMILES string of the molecule is COc1cc(CNCC2(O)CCCC2)ccc1OC(F)F. The summed E-state index contributed by atoms with van der Waals surface area (Å²) in [6.07, 6.45) is 3.77. The maximum Gasteiger partial charge on any atom is 0.387 e. The van der Waals surface area contributed by atoms with E-state index in [4.69, 9.17) is 4.74 Å². The van der Waals surface area contributed by atoms with Gasteiger partial charge in [-0.15, -0.1) is 0 Å². The number of halogens is 2. The lowest BCUT2D eigenvalue weighted by Crippen LogP contribution is -2.37. The van der Waals surface area contributed by atoms with Gasteiger partial charge in [-0.2, -0.15) is 8.78 Å². The van der Waals surface area contributed by atoms with Gasteiger partial charge in [-0.05, 0) is 30.5 Å². The van der Waals surface area contributed by atoms with Crippen LogP contribution in [0.3, 0.4) is 0 Å². The monoisotopic (exact) mass is 301 g/mol. The van der Waals surface area contributed by atoms with Gasteiger partial charge >= 0.3 is 6.61 Å². The number of alkyl halides is 2. The third kappa shape index (κ3) is 4.54. The minimum Gasteiger partial charge on any atom is -0.493 e. The van der Waals surface area contributed by atoms with Gasteiger partial charge < -0.3 is 19.9 Å². The number of methoxy groups -OCH3 is 1. The molecule has 2 rings (SSSR count). The summed E-state index contributed by atoms with van der Waals surface area (Å²) in [7, 11) is 1.41. The van der Waals surface area contributed by atoms with Crippen molar-refractivity contribution in [2.45, 2.75) is 44.4 Å². The van der Waals surface area contributed by atoms with Gasteiger partial charge in [-0.1, -0.05) is 18.9 Å². The Bertz CT molecular complexity index is 462. The van der Waals surface area contributed by atoms with E-state index in [9.17, 15) is 13.9 Å². The fourth-order valence-electron chi connectivity index (χ4n) is 2.66. The number of ether oxygens (including phenoxy) is 2. The van der Waals surface area contributed by atoms with Gasteiger partial charge in [-0.3, -0.25) is 0 Å². The molecule has 6 heteroatoms. The van der Waals surface area contributed by atoms with Gasteiger partial charge in [0.05, 0.1) is 12.7 Å². The van der Waals surface area contributed by atoms with E-state index in [0.29, 0.717) is 13.1 Å². The molecule has 0 spiro atoms. The molecule has 0 aromatic heterocycles. The van der Waals surface area contributed by atoms with Crippen LogP contribution in [0.5, 0.6) is 11.5 Å². The van der Waals surface area contributed by atoms with Crippen molar-refractivity contribution in [1.29, 1.82) is 0 Å². The number of aliphatic hydroxyl groups is 1. The number of nitrogens with one attached hydrogen (secondary N) is 1. The minimum absolute atomic E-state index is 0.0191. The molecule has 1 saturated carbocycles. The summed E-state index contributed by atoms with van der Waals surface area (Å²) >= 11 is 0. The molecule has 1 fully saturated rings. The second kappa shape index (κ2) is 7.04. The molecule has 118 valence electrons. The molecule has 0 bridgehead atoms. The fraction of sp³-hybridized carbons (Fsp3) is 0.600. The average Bonchev–Trinajstić information content (AvgIpc) is 2.86. The van der Waals surface area contributed by atoms with E-state index in [0.717, 1.165) is 31.2 Å². The normalized spacial score (nSPS) is 17.2. The highest BCUT2D eigenvalue weighted by Gasteiger charge is 2.30. The zero-order valence-electron chi connectivity index (χ0n) is 12.1. The summed E-state index contributed by atoms with van der Waals surface area (Å²) in [6, 6.07) is 4.82. The van der Waals surface area contributed by atoms with Crippen LogP contribution in [0.2, 0.25) is 0 Å². The zero-order chi connectivity index (χ0) is 15.3. The van der Waals surface area contributed by atoms with Gasteiger partial charge in [0.15, 0.2) is 11.5 Å². The number of hydrogen-bond donors (Lipinski definition) is 2. The van der Waals surface area contributed by atoms with Crippen LogP contribution in [-0.2, 0) is 6.54 Å². The average molecular weight is 301 g/mol. The van der Waals surface area contributed by atoms with Crippen LogP contribution in [0.1, 0.15) is 31.2 Å². The van der Waals surface area contributed by atoms with Crippen molar-refractivity contribution in [3.63, 3.8) is 0 Å². The van der Waals surface area contributed by atoms with E-state index in [1.165, 1.54) is 13.2 Å². The van der Waals surface area contributed by atoms with E-state index < -0.39 is 12.2 Å². The largest absolute Gasteiger partial charge is 0.493 e. The summed E-state index contributed by atoms with van der Waals surface area (Å²) < 4.78 is 33.9. The van der Waals surface area contributed by atoms with Crippen LogP contribution in [-0.4, -0.2) is 31.0 Å². The first-order chi connectivity index (χ1) is 10.0. The zero-order valence-corrected chi connectivity index (χ0v) is 12.1. The van der Waals surface area contributed by atoms with Gasteiger partial charge in [0.1, 0.15) is 0 Å². The van der Waals surface area contributed by atoms with Crippen molar-refractivity contribution in [2.24, 2.45) is 0 Å². The lowest BCUT2D eigenvalue weighted by Gasteiger charge is -2.22. The van der Waals surface area contributed by atoms with Crippen molar-refractivity contribution < 1.29 is 23.4 Å². The molecular formula is C15H21F2NO3. The Hall–Kier alpha value is -1.40. The molecule has 4 nitrogen and oxygen atoms in total.